The van der Waals surface area contributed by atoms with Crippen molar-refractivity contribution < 1.29 is 31.2 Å². The molecule has 1 amide bonds. The first-order valence-electron chi connectivity index (χ1n) is 12.7. The fourth-order valence-corrected chi connectivity index (χ4v) is 10.2. The van der Waals surface area contributed by atoms with Gasteiger partial charge in [0.15, 0.2) is 16.1 Å². The summed E-state index contributed by atoms with van der Waals surface area (Å²) in [6, 6.07) is 10.7. The molecule has 0 saturated carbocycles. The Morgan fingerprint density at radius 3 is 2.66 bits per heavy atom. The third-order valence-electron chi connectivity index (χ3n) is 6.90. The van der Waals surface area contributed by atoms with E-state index in [0.717, 1.165) is 23.3 Å². The third kappa shape index (κ3) is 6.60. The highest BCUT2D eigenvalue weighted by atomic mass is 35.5. The summed E-state index contributed by atoms with van der Waals surface area (Å²) in [5.41, 5.74) is 3.25. The van der Waals surface area contributed by atoms with Gasteiger partial charge in [-0.3, -0.25) is 4.79 Å². The fourth-order valence-electron chi connectivity index (χ4n) is 4.80. The third-order valence-corrected chi connectivity index (χ3v) is 13.2. The van der Waals surface area contributed by atoms with Crippen molar-refractivity contribution in [2.75, 3.05) is 31.2 Å². The van der Waals surface area contributed by atoms with Crippen LogP contribution in [0.3, 0.4) is 0 Å². The lowest BCUT2D eigenvalue weighted by Gasteiger charge is -2.31. The lowest BCUT2D eigenvalue weighted by atomic mass is 9.97. The summed E-state index contributed by atoms with van der Waals surface area (Å²) >= 11 is 7.30. The van der Waals surface area contributed by atoms with Crippen molar-refractivity contribution in [1.29, 1.82) is 0 Å². The molecule has 1 aromatic carbocycles. The highest BCUT2D eigenvalue weighted by Gasteiger charge is 2.50. The van der Waals surface area contributed by atoms with Gasteiger partial charge in [0.05, 0.1) is 17.9 Å². The number of nitrogens with zero attached hydrogens (tertiary/aromatic N) is 1. The standard InChI is InChI=1S/C25H33ClN2O7S3/c1-2-16-38(32,33)28-13-12-25(37(30,31)17-14-28,18-23(29)27-35-24-5-3-4-15-34-24)22-11-10-21(36-22)19-6-8-20(26)9-7-19/h6-11,24H,2-5,12-18H2,1H3,(H,27,29)/t24?,25-/m0/s1. The van der Waals surface area contributed by atoms with Crippen LogP contribution >= 0.6 is 22.9 Å². The second-order valence-electron chi connectivity index (χ2n) is 9.57. The van der Waals surface area contributed by atoms with E-state index in [2.05, 4.69) is 5.48 Å². The van der Waals surface area contributed by atoms with Crippen molar-refractivity contribution in [3.05, 3.63) is 46.3 Å². The Morgan fingerprint density at radius 1 is 1.21 bits per heavy atom. The maximum atomic E-state index is 13.9. The monoisotopic (exact) mass is 604 g/mol. The van der Waals surface area contributed by atoms with Gasteiger partial charge in [-0.15, -0.1) is 11.3 Å². The zero-order chi connectivity index (χ0) is 27.4. The van der Waals surface area contributed by atoms with Crippen molar-refractivity contribution >= 4 is 48.7 Å². The molecule has 1 unspecified atom stereocenters. The van der Waals surface area contributed by atoms with E-state index in [-0.39, 0.29) is 31.0 Å². The van der Waals surface area contributed by atoms with Gasteiger partial charge in [0, 0.05) is 40.9 Å². The SMILES string of the molecule is CCCS(=O)(=O)N1CC[C@](CC(=O)NOC2CCCCO2)(c2ccc(-c3ccc(Cl)cc3)s2)S(=O)(=O)CC1. The molecule has 2 aliphatic rings. The fraction of sp³-hybridized carbons (Fsp3) is 0.560. The summed E-state index contributed by atoms with van der Waals surface area (Å²) in [4.78, 5) is 19.9. The van der Waals surface area contributed by atoms with E-state index < -0.39 is 43.2 Å². The summed E-state index contributed by atoms with van der Waals surface area (Å²) in [5.74, 6) is -1.05. The number of sulfone groups is 1. The number of halogens is 1. The van der Waals surface area contributed by atoms with Crippen LogP contribution in [0.1, 0.15) is 50.3 Å². The van der Waals surface area contributed by atoms with Crippen molar-refractivity contribution in [2.24, 2.45) is 0 Å². The average Bonchev–Trinajstić information content (AvgIpc) is 3.33. The number of amides is 1. The normalized spacial score (nSPS) is 24.5. The van der Waals surface area contributed by atoms with Crippen LogP contribution in [0.25, 0.3) is 10.4 Å². The number of rotatable bonds is 9. The Hall–Kier alpha value is -1.54. The van der Waals surface area contributed by atoms with E-state index in [1.54, 1.807) is 25.1 Å². The summed E-state index contributed by atoms with van der Waals surface area (Å²) in [6.07, 6.45) is 1.85. The number of benzene rings is 1. The Labute approximate surface area is 233 Å². The molecule has 0 radical (unpaired) electrons. The van der Waals surface area contributed by atoms with Gasteiger partial charge in [-0.25, -0.2) is 31.5 Å². The number of hydrogen-bond acceptors (Lipinski definition) is 8. The molecule has 38 heavy (non-hydrogen) atoms. The van der Waals surface area contributed by atoms with Gasteiger partial charge in [-0.2, -0.15) is 0 Å². The summed E-state index contributed by atoms with van der Waals surface area (Å²) in [7, 11) is -7.58. The Bertz CT molecular complexity index is 1320. The quantitative estimate of drug-likeness (QED) is 0.428. The summed E-state index contributed by atoms with van der Waals surface area (Å²) < 4.78 is 58.6. The molecule has 4 rings (SSSR count). The van der Waals surface area contributed by atoms with Crippen LogP contribution in [-0.2, 0) is 39.0 Å². The minimum absolute atomic E-state index is 0.00435. The van der Waals surface area contributed by atoms with Crippen molar-refractivity contribution in [2.45, 2.75) is 56.5 Å². The van der Waals surface area contributed by atoms with Crippen LogP contribution in [-0.4, -0.2) is 64.5 Å². The first-order valence-corrected chi connectivity index (χ1v) is 17.1. The molecule has 2 fully saturated rings. The molecule has 13 heteroatoms. The molecule has 3 heterocycles. The van der Waals surface area contributed by atoms with E-state index in [1.165, 1.54) is 15.6 Å². The van der Waals surface area contributed by atoms with Crippen molar-refractivity contribution in [3.8, 4) is 10.4 Å². The molecule has 0 aliphatic carbocycles. The lowest BCUT2D eigenvalue weighted by Crippen LogP contribution is -2.43. The van der Waals surface area contributed by atoms with E-state index in [1.807, 2.05) is 18.2 Å². The van der Waals surface area contributed by atoms with Gasteiger partial charge in [-0.05, 0) is 55.5 Å². The predicted molar refractivity (Wildman–Crippen MR) is 148 cm³/mol. The summed E-state index contributed by atoms with van der Waals surface area (Å²) in [5, 5.41) is 0.584. The highest BCUT2D eigenvalue weighted by Crippen LogP contribution is 2.45. The Kier molecular flexibility index (Phi) is 9.55. The molecule has 210 valence electrons. The minimum atomic E-state index is -3.96. The molecule has 0 spiro atoms. The Balaban J connectivity index is 1.66. The molecule has 1 N–H and O–H groups in total. The number of carbonyl (C=O) groups excluding carboxylic acids is 1. The zero-order valence-corrected chi connectivity index (χ0v) is 24.4. The Morgan fingerprint density at radius 2 is 1.97 bits per heavy atom. The summed E-state index contributed by atoms with van der Waals surface area (Å²) in [6.45, 7) is 2.15. The van der Waals surface area contributed by atoms with E-state index >= 15 is 0 Å². The van der Waals surface area contributed by atoms with Crippen molar-refractivity contribution in [3.63, 3.8) is 0 Å². The smallest absolute Gasteiger partial charge is 0.245 e. The molecule has 2 aliphatic heterocycles. The maximum Gasteiger partial charge on any atom is 0.245 e. The van der Waals surface area contributed by atoms with Gasteiger partial charge in [0.2, 0.25) is 15.9 Å². The van der Waals surface area contributed by atoms with Crippen LogP contribution in [0.2, 0.25) is 5.02 Å². The predicted octanol–water partition coefficient (Wildman–Crippen LogP) is 4.09. The molecule has 9 nitrogen and oxygen atoms in total. The topological polar surface area (TPSA) is 119 Å². The molecule has 2 aromatic rings. The van der Waals surface area contributed by atoms with Crippen LogP contribution < -0.4 is 5.48 Å². The maximum absolute atomic E-state index is 13.9. The van der Waals surface area contributed by atoms with Gasteiger partial charge >= 0.3 is 0 Å². The molecular weight excluding hydrogens is 572 g/mol. The highest BCUT2D eigenvalue weighted by molar-refractivity contribution is 7.92. The van der Waals surface area contributed by atoms with Gasteiger partial charge in [-0.1, -0.05) is 30.7 Å². The van der Waals surface area contributed by atoms with Crippen LogP contribution in [0.15, 0.2) is 36.4 Å². The van der Waals surface area contributed by atoms with Crippen LogP contribution in [0.4, 0.5) is 0 Å². The number of hydroxylamine groups is 1. The second-order valence-corrected chi connectivity index (χ2v) is 15.6. The van der Waals surface area contributed by atoms with E-state index in [4.69, 9.17) is 21.2 Å². The zero-order valence-electron chi connectivity index (χ0n) is 21.2. The van der Waals surface area contributed by atoms with E-state index in [9.17, 15) is 21.6 Å². The first-order chi connectivity index (χ1) is 18.1. The molecule has 2 saturated heterocycles. The van der Waals surface area contributed by atoms with Crippen molar-refractivity contribution in [1.82, 2.24) is 9.79 Å². The minimum Gasteiger partial charge on any atom is -0.350 e. The number of sulfonamides is 1. The van der Waals surface area contributed by atoms with Crippen LogP contribution in [0.5, 0.6) is 0 Å². The van der Waals surface area contributed by atoms with Gasteiger partial charge in [0.1, 0.15) is 4.75 Å². The number of ether oxygens (including phenoxy) is 1. The number of hydrogen-bond donors (Lipinski definition) is 1. The van der Waals surface area contributed by atoms with Gasteiger partial charge < -0.3 is 4.74 Å². The number of nitrogens with one attached hydrogen (secondary N) is 1. The lowest BCUT2D eigenvalue weighted by molar-refractivity contribution is -0.200. The molecule has 2 atom stereocenters. The van der Waals surface area contributed by atoms with Crippen LogP contribution in [0, 0.1) is 0 Å². The average molecular weight is 605 g/mol. The molecular formula is C25H33ClN2O7S3. The molecule has 0 bridgehead atoms. The second kappa shape index (κ2) is 12.3. The molecule has 1 aromatic heterocycles. The first kappa shape index (κ1) is 29.4. The number of carbonyl (C=O) groups is 1. The number of thiophene rings is 1. The largest absolute Gasteiger partial charge is 0.350 e. The van der Waals surface area contributed by atoms with Gasteiger partial charge in [0.25, 0.3) is 0 Å². The van der Waals surface area contributed by atoms with E-state index in [0.29, 0.717) is 29.3 Å².